The van der Waals surface area contributed by atoms with E-state index in [0.29, 0.717) is 6.42 Å². The van der Waals surface area contributed by atoms with Gasteiger partial charge in [0.1, 0.15) is 10.8 Å². The van der Waals surface area contributed by atoms with Gasteiger partial charge in [-0.2, -0.15) is 0 Å². The molecule has 0 N–H and O–H groups in total. The highest BCUT2D eigenvalue weighted by atomic mass is 32.1. The Kier molecular flexibility index (Phi) is 3.28. The number of aromatic nitrogens is 1. The Morgan fingerprint density at radius 3 is 3.00 bits per heavy atom. The molecule has 0 atom stereocenters. The number of thiophene rings is 1. The van der Waals surface area contributed by atoms with Crippen molar-refractivity contribution in [3.63, 3.8) is 0 Å². The molecule has 0 unspecified atom stereocenters. The number of hydrogen-bond donors (Lipinski definition) is 0. The van der Waals surface area contributed by atoms with E-state index in [1.807, 2.05) is 16.8 Å². The summed E-state index contributed by atoms with van der Waals surface area (Å²) in [6.45, 7) is 1.62. The zero-order chi connectivity index (χ0) is 10.7. The number of nitrogens with zero attached hydrogens (tertiary/aromatic N) is 1. The number of aryl methyl sites for hydroxylation is 1. The van der Waals surface area contributed by atoms with E-state index in [2.05, 4.69) is 11.1 Å². The average Bonchev–Trinajstić information content (AvgIpc) is 2.85. The van der Waals surface area contributed by atoms with Crippen LogP contribution in [-0.2, 0) is 11.2 Å². The van der Waals surface area contributed by atoms with Crippen LogP contribution in [0.2, 0.25) is 0 Å². The molecule has 0 aliphatic rings. The molecule has 0 aliphatic carbocycles. The molecule has 0 spiro atoms. The van der Waals surface area contributed by atoms with Gasteiger partial charge in [-0.25, -0.2) is 4.98 Å². The highest BCUT2D eigenvalue weighted by molar-refractivity contribution is 7.20. The van der Waals surface area contributed by atoms with Crippen LogP contribution < -0.4 is 0 Å². The lowest BCUT2D eigenvalue weighted by atomic mass is 10.2. The van der Waals surface area contributed by atoms with Gasteiger partial charge in [0.05, 0.1) is 10.6 Å². The van der Waals surface area contributed by atoms with Gasteiger partial charge in [0, 0.05) is 11.8 Å². The van der Waals surface area contributed by atoms with E-state index < -0.39 is 0 Å². The van der Waals surface area contributed by atoms with Gasteiger partial charge in [-0.15, -0.1) is 22.7 Å². The monoisotopic (exact) mass is 237 g/mol. The molecule has 78 valence electrons. The Morgan fingerprint density at radius 1 is 1.47 bits per heavy atom. The molecule has 2 aromatic heterocycles. The van der Waals surface area contributed by atoms with Crippen molar-refractivity contribution in [1.29, 1.82) is 0 Å². The lowest BCUT2D eigenvalue weighted by Gasteiger charge is -1.91. The molecule has 0 radical (unpaired) electrons. The van der Waals surface area contributed by atoms with Crippen LogP contribution in [-0.4, -0.2) is 10.8 Å². The van der Waals surface area contributed by atoms with Crippen LogP contribution in [0.4, 0.5) is 0 Å². The van der Waals surface area contributed by atoms with E-state index in [1.54, 1.807) is 29.6 Å². The molecule has 2 aromatic rings. The first-order valence-corrected chi connectivity index (χ1v) is 6.49. The Morgan fingerprint density at radius 2 is 2.33 bits per heavy atom. The van der Waals surface area contributed by atoms with Crippen LogP contribution in [0.5, 0.6) is 0 Å². The van der Waals surface area contributed by atoms with Crippen LogP contribution in [0.1, 0.15) is 19.0 Å². The number of ketones is 1. The number of rotatable bonds is 4. The summed E-state index contributed by atoms with van der Waals surface area (Å²) in [6, 6.07) is 4.09. The molecule has 0 saturated carbocycles. The van der Waals surface area contributed by atoms with Crippen molar-refractivity contribution < 1.29 is 4.79 Å². The standard InChI is InChI=1S/C11H11NOS2/c1-8(13)4-5-9-7-15-11(12-9)10-3-2-6-14-10/h2-3,6-7H,4-5H2,1H3. The number of Topliss-reactive ketones (excluding diaryl/α,β-unsaturated/α-hetero) is 1. The van der Waals surface area contributed by atoms with E-state index >= 15 is 0 Å². The molecule has 0 aromatic carbocycles. The topological polar surface area (TPSA) is 30.0 Å². The molecule has 2 heterocycles. The molecule has 0 saturated heterocycles. The maximum atomic E-state index is 10.8. The van der Waals surface area contributed by atoms with Gasteiger partial charge in [0.25, 0.3) is 0 Å². The number of carbonyl (C=O) groups is 1. The molecule has 4 heteroatoms. The Hall–Kier alpha value is -1.00. The smallest absolute Gasteiger partial charge is 0.133 e. The fourth-order valence-corrected chi connectivity index (χ4v) is 2.91. The van der Waals surface area contributed by atoms with Crippen LogP contribution in [0.25, 0.3) is 9.88 Å². The predicted molar refractivity (Wildman–Crippen MR) is 64.4 cm³/mol. The summed E-state index contributed by atoms with van der Waals surface area (Å²) in [5.41, 5.74) is 1.03. The predicted octanol–water partition coefficient (Wildman–Crippen LogP) is 3.39. The fourth-order valence-electron chi connectivity index (χ4n) is 1.24. The average molecular weight is 237 g/mol. The van der Waals surface area contributed by atoms with Crippen molar-refractivity contribution in [2.45, 2.75) is 19.8 Å². The highest BCUT2D eigenvalue weighted by Crippen LogP contribution is 2.27. The van der Waals surface area contributed by atoms with Crippen LogP contribution in [0, 0.1) is 0 Å². The molecule has 0 amide bonds. The highest BCUT2D eigenvalue weighted by Gasteiger charge is 2.05. The first-order chi connectivity index (χ1) is 7.25. The second-order valence-electron chi connectivity index (χ2n) is 3.32. The van der Waals surface area contributed by atoms with Gasteiger partial charge in [0.15, 0.2) is 0 Å². The molecular weight excluding hydrogens is 226 g/mol. The minimum Gasteiger partial charge on any atom is -0.300 e. The maximum Gasteiger partial charge on any atom is 0.133 e. The minimum atomic E-state index is 0.223. The van der Waals surface area contributed by atoms with Gasteiger partial charge in [-0.3, -0.25) is 0 Å². The van der Waals surface area contributed by atoms with Gasteiger partial charge < -0.3 is 4.79 Å². The third-order valence-corrected chi connectivity index (χ3v) is 3.95. The van der Waals surface area contributed by atoms with Crippen molar-refractivity contribution in [3.05, 3.63) is 28.6 Å². The van der Waals surface area contributed by atoms with Crippen LogP contribution in [0.3, 0.4) is 0 Å². The molecule has 15 heavy (non-hydrogen) atoms. The summed E-state index contributed by atoms with van der Waals surface area (Å²) in [5, 5.41) is 5.15. The third kappa shape index (κ3) is 2.73. The molecular formula is C11H11NOS2. The zero-order valence-corrected chi connectivity index (χ0v) is 10.0. The number of thiazole rings is 1. The van der Waals surface area contributed by atoms with Crippen molar-refractivity contribution in [2.75, 3.05) is 0 Å². The Labute approximate surface area is 96.6 Å². The maximum absolute atomic E-state index is 10.8. The second-order valence-corrected chi connectivity index (χ2v) is 5.13. The summed E-state index contributed by atoms with van der Waals surface area (Å²) in [5.74, 6) is 0.223. The summed E-state index contributed by atoms with van der Waals surface area (Å²) < 4.78 is 0. The molecule has 0 bridgehead atoms. The first kappa shape index (κ1) is 10.5. The van der Waals surface area contributed by atoms with E-state index in [9.17, 15) is 4.79 Å². The van der Waals surface area contributed by atoms with Crippen molar-refractivity contribution >= 4 is 28.5 Å². The molecule has 2 rings (SSSR count). The van der Waals surface area contributed by atoms with E-state index in [1.165, 1.54) is 4.88 Å². The van der Waals surface area contributed by atoms with Gasteiger partial charge in [-0.05, 0) is 24.8 Å². The largest absolute Gasteiger partial charge is 0.300 e. The second kappa shape index (κ2) is 4.68. The normalized spacial score (nSPS) is 10.5. The summed E-state index contributed by atoms with van der Waals surface area (Å²) >= 11 is 3.34. The number of hydrogen-bond acceptors (Lipinski definition) is 4. The van der Waals surface area contributed by atoms with Crippen molar-refractivity contribution in [2.24, 2.45) is 0 Å². The molecule has 0 aliphatic heterocycles. The third-order valence-electron chi connectivity index (χ3n) is 2.02. The van der Waals surface area contributed by atoms with E-state index in [4.69, 9.17) is 0 Å². The van der Waals surface area contributed by atoms with Crippen molar-refractivity contribution in [1.82, 2.24) is 4.98 Å². The van der Waals surface area contributed by atoms with Crippen molar-refractivity contribution in [3.8, 4) is 9.88 Å². The van der Waals surface area contributed by atoms with Gasteiger partial charge >= 0.3 is 0 Å². The van der Waals surface area contributed by atoms with Crippen LogP contribution in [0.15, 0.2) is 22.9 Å². The number of carbonyl (C=O) groups excluding carboxylic acids is 1. The Balaban J connectivity index is 2.08. The minimum absolute atomic E-state index is 0.223. The first-order valence-electron chi connectivity index (χ1n) is 4.73. The van der Waals surface area contributed by atoms with E-state index in [0.717, 1.165) is 17.1 Å². The summed E-state index contributed by atoms with van der Waals surface area (Å²) in [6.07, 6.45) is 1.35. The van der Waals surface area contributed by atoms with E-state index in [-0.39, 0.29) is 5.78 Å². The Bertz CT molecular complexity index is 445. The van der Waals surface area contributed by atoms with Gasteiger partial charge in [0.2, 0.25) is 0 Å². The molecule has 2 nitrogen and oxygen atoms in total. The summed E-state index contributed by atoms with van der Waals surface area (Å²) in [7, 11) is 0. The molecule has 0 fully saturated rings. The van der Waals surface area contributed by atoms with Gasteiger partial charge in [-0.1, -0.05) is 6.07 Å². The quantitative estimate of drug-likeness (QED) is 0.815. The lowest BCUT2D eigenvalue weighted by molar-refractivity contribution is -0.116. The van der Waals surface area contributed by atoms with Crippen LogP contribution >= 0.6 is 22.7 Å². The fraction of sp³-hybridized carbons (Fsp3) is 0.273. The SMILES string of the molecule is CC(=O)CCc1csc(-c2cccs2)n1. The lowest BCUT2D eigenvalue weighted by Crippen LogP contribution is -1.93. The summed E-state index contributed by atoms with van der Waals surface area (Å²) in [4.78, 5) is 16.5. The zero-order valence-electron chi connectivity index (χ0n) is 8.40.